The van der Waals surface area contributed by atoms with Crippen molar-refractivity contribution in [1.82, 2.24) is 4.98 Å². The Balaban J connectivity index is 2.17. The van der Waals surface area contributed by atoms with Gasteiger partial charge >= 0.3 is 5.69 Å². The normalized spacial score (nSPS) is 10.9. The molecule has 0 radical (unpaired) electrons. The minimum Gasteiger partial charge on any atom is -0.490 e. The van der Waals surface area contributed by atoms with Gasteiger partial charge in [0.1, 0.15) is 5.52 Å². The quantitative estimate of drug-likeness (QED) is 0.510. The summed E-state index contributed by atoms with van der Waals surface area (Å²) in [6.45, 7) is 0. The molecular formula is C14H8Cl2N2O4. The average molecular weight is 339 g/mol. The number of nitrogens with zero attached hydrogens (tertiary/aromatic N) is 2. The minimum absolute atomic E-state index is 0.158. The van der Waals surface area contributed by atoms with Crippen LogP contribution in [-0.4, -0.2) is 17.0 Å². The lowest BCUT2D eigenvalue weighted by molar-refractivity contribution is -0.385. The Bertz CT molecular complexity index is 892. The summed E-state index contributed by atoms with van der Waals surface area (Å²) < 4.78 is 10.5. The zero-order valence-electron chi connectivity index (χ0n) is 11.2. The van der Waals surface area contributed by atoms with Gasteiger partial charge in [0, 0.05) is 16.7 Å². The molecule has 3 aromatic rings. The lowest BCUT2D eigenvalue weighted by Crippen LogP contribution is -1.94. The lowest BCUT2D eigenvalue weighted by Gasteiger charge is -2.02. The van der Waals surface area contributed by atoms with Crippen LogP contribution in [0.5, 0.6) is 5.75 Å². The summed E-state index contributed by atoms with van der Waals surface area (Å²) in [4.78, 5) is 14.8. The second-order valence-corrected chi connectivity index (χ2v) is 5.24. The first-order chi connectivity index (χ1) is 10.5. The second kappa shape index (κ2) is 5.47. The molecule has 0 aliphatic carbocycles. The van der Waals surface area contributed by atoms with E-state index < -0.39 is 4.92 Å². The van der Waals surface area contributed by atoms with E-state index in [1.807, 2.05) is 0 Å². The van der Waals surface area contributed by atoms with Crippen LogP contribution in [0.4, 0.5) is 5.69 Å². The highest BCUT2D eigenvalue weighted by Gasteiger charge is 2.19. The zero-order valence-corrected chi connectivity index (χ0v) is 12.7. The molecule has 0 fully saturated rings. The van der Waals surface area contributed by atoms with Gasteiger partial charge in [0.25, 0.3) is 0 Å². The molecule has 0 unspecified atom stereocenters. The molecule has 0 saturated heterocycles. The highest BCUT2D eigenvalue weighted by Crippen LogP contribution is 2.35. The lowest BCUT2D eigenvalue weighted by atomic mass is 10.2. The molecule has 112 valence electrons. The van der Waals surface area contributed by atoms with Crippen molar-refractivity contribution in [2.24, 2.45) is 0 Å². The number of benzene rings is 2. The Labute approximate surface area is 134 Å². The topological polar surface area (TPSA) is 78.4 Å². The fourth-order valence-electron chi connectivity index (χ4n) is 2.05. The number of nitro groups is 1. The second-order valence-electron chi connectivity index (χ2n) is 4.40. The zero-order chi connectivity index (χ0) is 15.9. The minimum atomic E-state index is -0.533. The summed E-state index contributed by atoms with van der Waals surface area (Å²) in [6, 6.07) is 7.58. The maximum atomic E-state index is 11.1. The van der Waals surface area contributed by atoms with Gasteiger partial charge in [-0.2, -0.15) is 0 Å². The third-order valence-corrected chi connectivity index (χ3v) is 3.53. The molecule has 0 spiro atoms. The Morgan fingerprint density at radius 3 is 2.73 bits per heavy atom. The van der Waals surface area contributed by atoms with Crippen LogP contribution in [0.2, 0.25) is 10.0 Å². The maximum Gasteiger partial charge on any atom is 0.311 e. The van der Waals surface area contributed by atoms with Crippen molar-refractivity contribution in [3.63, 3.8) is 0 Å². The van der Waals surface area contributed by atoms with E-state index in [9.17, 15) is 10.1 Å². The van der Waals surface area contributed by atoms with E-state index >= 15 is 0 Å². The van der Waals surface area contributed by atoms with E-state index in [0.29, 0.717) is 26.7 Å². The van der Waals surface area contributed by atoms with Gasteiger partial charge in [0.2, 0.25) is 5.89 Å². The van der Waals surface area contributed by atoms with Gasteiger partial charge in [0.05, 0.1) is 17.1 Å². The molecule has 22 heavy (non-hydrogen) atoms. The molecule has 0 bridgehead atoms. The summed E-state index contributed by atoms with van der Waals surface area (Å²) in [5.41, 5.74) is 1.12. The third kappa shape index (κ3) is 2.47. The van der Waals surface area contributed by atoms with Crippen LogP contribution in [0.25, 0.3) is 22.6 Å². The molecule has 0 N–H and O–H groups in total. The molecular weight excluding hydrogens is 331 g/mol. The van der Waals surface area contributed by atoms with Crippen LogP contribution in [-0.2, 0) is 0 Å². The number of ether oxygens (including phenoxy) is 1. The van der Waals surface area contributed by atoms with Crippen molar-refractivity contribution in [2.75, 3.05) is 7.11 Å². The van der Waals surface area contributed by atoms with E-state index in [1.165, 1.54) is 25.3 Å². The summed E-state index contributed by atoms with van der Waals surface area (Å²) in [7, 11) is 1.36. The number of aromatic nitrogens is 1. The number of fused-ring (bicyclic) bond motifs is 1. The van der Waals surface area contributed by atoms with Crippen LogP contribution in [0.3, 0.4) is 0 Å². The predicted octanol–water partition coefficient (Wildman–Crippen LogP) is 4.72. The van der Waals surface area contributed by atoms with Crippen LogP contribution >= 0.6 is 23.2 Å². The van der Waals surface area contributed by atoms with Crippen LogP contribution in [0.15, 0.2) is 34.7 Å². The molecule has 0 aliphatic heterocycles. The molecule has 1 heterocycles. The Kier molecular flexibility index (Phi) is 3.64. The molecule has 0 amide bonds. The fraction of sp³-hybridized carbons (Fsp3) is 0.0714. The predicted molar refractivity (Wildman–Crippen MR) is 82.7 cm³/mol. The molecule has 0 aliphatic rings. The summed E-state index contributed by atoms with van der Waals surface area (Å²) in [5.74, 6) is 0.371. The van der Waals surface area contributed by atoms with Gasteiger partial charge in [-0.15, -0.1) is 0 Å². The van der Waals surface area contributed by atoms with Crippen molar-refractivity contribution < 1.29 is 14.1 Å². The standard InChI is InChI=1S/C14H8Cl2N2O4/c1-21-12-3-2-7(4-11(12)18(19)20)14-17-10-6-8(15)5-9(16)13(10)22-14/h2-6H,1H3. The fourth-order valence-corrected chi connectivity index (χ4v) is 2.57. The first kappa shape index (κ1) is 14.6. The summed E-state index contributed by atoms with van der Waals surface area (Å²) >= 11 is 12.0. The third-order valence-electron chi connectivity index (χ3n) is 3.03. The van der Waals surface area contributed by atoms with E-state index in [0.717, 1.165) is 0 Å². The van der Waals surface area contributed by atoms with Crippen molar-refractivity contribution in [1.29, 1.82) is 0 Å². The SMILES string of the molecule is COc1ccc(-c2nc3cc(Cl)cc(Cl)c3o2)cc1[N+](=O)[O-]. The highest BCUT2D eigenvalue weighted by molar-refractivity contribution is 6.38. The summed E-state index contributed by atoms with van der Waals surface area (Å²) in [5, 5.41) is 11.8. The molecule has 2 aromatic carbocycles. The van der Waals surface area contributed by atoms with Crippen LogP contribution in [0, 0.1) is 10.1 Å². The molecule has 0 atom stereocenters. The number of nitro benzene ring substituents is 1. The van der Waals surface area contributed by atoms with Crippen molar-refractivity contribution >= 4 is 40.0 Å². The maximum absolute atomic E-state index is 11.1. The van der Waals surface area contributed by atoms with Gasteiger partial charge in [-0.3, -0.25) is 10.1 Å². The molecule has 8 heteroatoms. The smallest absolute Gasteiger partial charge is 0.311 e. The number of methoxy groups -OCH3 is 1. The Morgan fingerprint density at radius 1 is 1.27 bits per heavy atom. The van der Waals surface area contributed by atoms with E-state index in [4.69, 9.17) is 32.4 Å². The number of rotatable bonds is 3. The summed E-state index contributed by atoms with van der Waals surface area (Å²) in [6.07, 6.45) is 0. The molecule has 1 aromatic heterocycles. The van der Waals surface area contributed by atoms with Gasteiger partial charge in [-0.1, -0.05) is 23.2 Å². The van der Waals surface area contributed by atoms with Crippen molar-refractivity contribution in [3.05, 3.63) is 50.5 Å². The average Bonchev–Trinajstić information content (AvgIpc) is 2.90. The highest BCUT2D eigenvalue weighted by atomic mass is 35.5. The number of hydrogen-bond donors (Lipinski definition) is 0. The number of hydrogen-bond acceptors (Lipinski definition) is 5. The molecule has 3 rings (SSSR count). The molecule has 6 nitrogen and oxygen atoms in total. The van der Waals surface area contributed by atoms with Crippen LogP contribution < -0.4 is 4.74 Å². The number of halogens is 2. The number of oxazole rings is 1. The van der Waals surface area contributed by atoms with Crippen molar-refractivity contribution in [2.45, 2.75) is 0 Å². The monoisotopic (exact) mass is 338 g/mol. The Morgan fingerprint density at radius 2 is 2.05 bits per heavy atom. The largest absolute Gasteiger partial charge is 0.490 e. The van der Waals surface area contributed by atoms with Crippen molar-refractivity contribution in [3.8, 4) is 17.2 Å². The van der Waals surface area contributed by atoms with E-state index in [1.54, 1.807) is 12.1 Å². The van der Waals surface area contributed by atoms with E-state index in [-0.39, 0.29) is 17.3 Å². The first-order valence-corrected chi connectivity index (χ1v) is 6.83. The van der Waals surface area contributed by atoms with Gasteiger partial charge < -0.3 is 9.15 Å². The molecule has 0 saturated carbocycles. The van der Waals surface area contributed by atoms with Gasteiger partial charge in [-0.05, 0) is 24.3 Å². The Hall–Kier alpha value is -2.31. The van der Waals surface area contributed by atoms with E-state index in [2.05, 4.69) is 4.98 Å². The van der Waals surface area contributed by atoms with Gasteiger partial charge in [-0.25, -0.2) is 4.98 Å². The van der Waals surface area contributed by atoms with Crippen LogP contribution in [0.1, 0.15) is 0 Å². The van der Waals surface area contributed by atoms with Gasteiger partial charge in [0.15, 0.2) is 11.3 Å². The first-order valence-electron chi connectivity index (χ1n) is 6.08.